The number of benzene rings is 1. The molecule has 2 aliphatic heterocycles. The summed E-state index contributed by atoms with van der Waals surface area (Å²) < 4.78 is 7.06. The van der Waals surface area contributed by atoms with Gasteiger partial charge in [0.15, 0.2) is 0 Å². The van der Waals surface area contributed by atoms with Crippen molar-refractivity contribution in [3.8, 4) is 0 Å². The number of amides is 2. The Balaban J connectivity index is 1.17. The number of nitrogens with zero attached hydrogens (tertiary/aromatic N) is 3. The summed E-state index contributed by atoms with van der Waals surface area (Å²) in [6.45, 7) is 1.72. The first-order valence-electron chi connectivity index (χ1n) is 12.9. The summed E-state index contributed by atoms with van der Waals surface area (Å²) >= 11 is 0. The molecule has 38 heavy (non-hydrogen) atoms. The Kier molecular flexibility index (Phi) is 7.57. The van der Waals surface area contributed by atoms with Gasteiger partial charge in [0.1, 0.15) is 24.2 Å². The van der Waals surface area contributed by atoms with Gasteiger partial charge in [0.05, 0.1) is 6.54 Å². The molecule has 5 rings (SSSR count). The Hall–Kier alpha value is -4.34. The van der Waals surface area contributed by atoms with Gasteiger partial charge in [0.2, 0.25) is 0 Å². The van der Waals surface area contributed by atoms with E-state index in [1.165, 1.54) is 10.5 Å². The number of aliphatic carboxylic acids is 1. The fourth-order valence-corrected chi connectivity index (χ4v) is 4.83. The number of aryl methyl sites for hydroxylation is 3. The minimum absolute atomic E-state index is 0.0233. The molecule has 198 valence electrons. The number of anilines is 1. The van der Waals surface area contributed by atoms with Crippen LogP contribution in [-0.2, 0) is 41.9 Å². The zero-order valence-corrected chi connectivity index (χ0v) is 21.1. The van der Waals surface area contributed by atoms with E-state index in [9.17, 15) is 19.5 Å². The third-order valence-corrected chi connectivity index (χ3v) is 6.90. The lowest BCUT2D eigenvalue weighted by Crippen LogP contribution is -2.52. The lowest BCUT2D eigenvalue weighted by Gasteiger charge is -2.30. The third-order valence-electron chi connectivity index (χ3n) is 6.90. The molecule has 4 heterocycles. The van der Waals surface area contributed by atoms with E-state index in [2.05, 4.69) is 22.8 Å². The molecule has 2 aliphatic rings. The second-order valence-corrected chi connectivity index (χ2v) is 9.62. The van der Waals surface area contributed by atoms with Crippen molar-refractivity contribution in [1.29, 1.82) is 0 Å². The topological polar surface area (TPSA) is 126 Å². The Labute approximate surface area is 220 Å². The molecular formula is C28H31N5O5. The largest absolute Gasteiger partial charge is 0.480 e. The van der Waals surface area contributed by atoms with Crippen LogP contribution < -0.4 is 10.6 Å². The molecule has 0 bridgehead atoms. The Bertz CT molecular complexity index is 1320. The summed E-state index contributed by atoms with van der Waals surface area (Å²) in [6, 6.07) is 13.9. The van der Waals surface area contributed by atoms with Crippen LogP contribution in [-0.4, -0.2) is 63.2 Å². The van der Waals surface area contributed by atoms with Crippen molar-refractivity contribution in [1.82, 2.24) is 19.8 Å². The molecule has 2 aromatic heterocycles. The van der Waals surface area contributed by atoms with Crippen molar-refractivity contribution in [3.63, 3.8) is 0 Å². The van der Waals surface area contributed by atoms with Crippen LogP contribution in [0.1, 0.15) is 39.3 Å². The van der Waals surface area contributed by atoms with Gasteiger partial charge in [-0.2, -0.15) is 0 Å². The number of carbonyl (C=O) groups excluding carboxylic acids is 2. The van der Waals surface area contributed by atoms with E-state index < -0.39 is 18.1 Å². The molecule has 1 unspecified atom stereocenters. The lowest BCUT2D eigenvalue weighted by atomic mass is 10.1. The molecule has 0 spiro atoms. The molecule has 0 radical (unpaired) electrons. The number of carboxylic acids is 1. The Morgan fingerprint density at radius 3 is 2.76 bits per heavy atom. The maximum atomic E-state index is 13.2. The highest BCUT2D eigenvalue weighted by Crippen LogP contribution is 2.22. The Morgan fingerprint density at radius 2 is 1.95 bits per heavy atom. The summed E-state index contributed by atoms with van der Waals surface area (Å²) in [4.78, 5) is 43.4. The van der Waals surface area contributed by atoms with E-state index >= 15 is 0 Å². The quantitative estimate of drug-likeness (QED) is 0.399. The zero-order valence-electron chi connectivity index (χ0n) is 21.1. The number of rotatable bonds is 9. The number of hydrogen-bond donors (Lipinski definition) is 3. The molecular weight excluding hydrogens is 486 g/mol. The maximum Gasteiger partial charge on any atom is 0.408 e. The van der Waals surface area contributed by atoms with Crippen LogP contribution in [0.3, 0.4) is 0 Å². The van der Waals surface area contributed by atoms with Crippen LogP contribution in [0, 0.1) is 0 Å². The van der Waals surface area contributed by atoms with Gasteiger partial charge in [-0.3, -0.25) is 4.79 Å². The summed E-state index contributed by atoms with van der Waals surface area (Å²) in [5, 5.41) is 15.4. The van der Waals surface area contributed by atoms with Crippen LogP contribution in [0.4, 0.5) is 10.6 Å². The van der Waals surface area contributed by atoms with E-state index in [-0.39, 0.29) is 19.1 Å². The minimum atomic E-state index is -1.29. The first kappa shape index (κ1) is 25.3. The van der Waals surface area contributed by atoms with Crippen LogP contribution in [0.15, 0.2) is 54.7 Å². The van der Waals surface area contributed by atoms with Crippen LogP contribution in [0.25, 0.3) is 0 Å². The minimum Gasteiger partial charge on any atom is -0.480 e. The van der Waals surface area contributed by atoms with Gasteiger partial charge in [-0.25, -0.2) is 14.6 Å². The number of hydrogen-bond acceptors (Lipinski definition) is 6. The molecule has 2 amide bonds. The molecule has 1 aromatic carbocycles. The first-order valence-corrected chi connectivity index (χ1v) is 12.9. The van der Waals surface area contributed by atoms with Crippen molar-refractivity contribution >= 4 is 23.8 Å². The molecule has 3 aromatic rings. The van der Waals surface area contributed by atoms with Crippen molar-refractivity contribution in [2.24, 2.45) is 0 Å². The van der Waals surface area contributed by atoms with E-state index in [4.69, 9.17) is 9.72 Å². The van der Waals surface area contributed by atoms with E-state index in [0.717, 1.165) is 54.9 Å². The molecule has 0 aliphatic carbocycles. The Morgan fingerprint density at radius 1 is 1.11 bits per heavy atom. The highest BCUT2D eigenvalue weighted by molar-refractivity contribution is 5.94. The van der Waals surface area contributed by atoms with Crippen molar-refractivity contribution < 1.29 is 24.2 Å². The molecule has 0 fully saturated rings. The standard InChI is InChI=1S/C28H31N5O5/c34-26-24-15-20(8-10-22-11-9-21-7-4-12-29-25(21)30-22)16-32(24)13-14-33(26)17-23(27(35)36)31-28(37)38-18-19-5-2-1-3-6-19/h1-3,5-6,9,11,15-16,23H,4,7-8,10,12-14,17-18H2,(H,29,30)(H,31,37)(H,35,36). The average molecular weight is 518 g/mol. The number of carbonyl (C=O) groups is 3. The van der Waals surface area contributed by atoms with Gasteiger partial charge < -0.3 is 29.9 Å². The summed E-state index contributed by atoms with van der Waals surface area (Å²) in [7, 11) is 0. The molecule has 10 nitrogen and oxygen atoms in total. The number of fused-ring (bicyclic) bond motifs is 2. The van der Waals surface area contributed by atoms with Gasteiger partial charge in [0.25, 0.3) is 5.91 Å². The van der Waals surface area contributed by atoms with Crippen LogP contribution in [0.5, 0.6) is 0 Å². The molecule has 3 N–H and O–H groups in total. The van der Waals surface area contributed by atoms with Crippen molar-refractivity contribution in [3.05, 3.63) is 82.8 Å². The number of aromatic nitrogens is 2. The molecule has 0 saturated heterocycles. The second kappa shape index (κ2) is 11.4. The average Bonchev–Trinajstić information content (AvgIpc) is 3.36. The zero-order chi connectivity index (χ0) is 26.5. The van der Waals surface area contributed by atoms with Crippen molar-refractivity contribution in [2.75, 3.05) is 25.0 Å². The third kappa shape index (κ3) is 5.96. The predicted octanol–water partition coefficient (Wildman–Crippen LogP) is 2.86. The monoisotopic (exact) mass is 517 g/mol. The highest BCUT2D eigenvalue weighted by Gasteiger charge is 2.31. The highest BCUT2D eigenvalue weighted by atomic mass is 16.5. The SMILES string of the molecule is O=C(NC(CN1CCn2cc(CCc3ccc4c(n3)NCCC4)cc2C1=O)C(=O)O)OCc1ccccc1. The van der Waals surface area contributed by atoms with Gasteiger partial charge in [-0.1, -0.05) is 36.4 Å². The van der Waals surface area contributed by atoms with E-state index in [0.29, 0.717) is 18.8 Å². The lowest BCUT2D eigenvalue weighted by molar-refractivity contribution is -0.139. The first-order chi connectivity index (χ1) is 18.5. The summed E-state index contributed by atoms with van der Waals surface area (Å²) in [5.74, 6) is -0.520. The fourth-order valence-electron chi connectivity index (χ4n) is 4.83. The fraction of sp³-hybridized carbons (Fsp3) is 0.357. The maximum absolute atomic E-state index is 13.2. The second-order valence-electron chi connectivity index (χ2n) is 9.62. The number of ether oxygens (including phenoxy) is 1. The van der Waals surface area contributed by atoms with Gasteiger partial charge in [-0.15, -0.1) is 0 Å². The van der Waals surface area contributed by atoms with E-state index in [1.807, 2.05) is 35.0 Å². The van der Waals surface area contributed by atoms with Crippen LogP contribution in [0.2, 0.25) is 0 Å². The van der Waals surface area contributed by atoms with Gasteiger partial charge in [-0.05, 0) is 54.5 Å². The normalized spacial score (nSPS) is 15.2. The van der Waals surface area contributed by atoms with Crippen molar-refractivity contribution in [2.45, 2.75) is 44.9 Å². The molecule has 1 atom stereocenters. The van der Waals surface area contributed by atoms with Gasteiger partial charge >= 0.3 is 12.1 Å². The number of pyridine rings is 1. The van der Waals surface area contributed by atoms with Crippen LogP contribution >= 0.6 is 0 Å². The van der Waals surface area contributed by atoms with E-state index in [1.54, 1.807) is 12.1 Å². The van der Waals surface area contributed by atoms with Gasteiger partial charge in [0, 0.05) is 31.5 Å². The summed E-state index contributed by atoms with van der Waals surface area (Å²) in [5.41, 5.74) is 4.59. The molecule has 0 saturated carbocycles. The predicted molar refractivity (Wildman–Crippen MR) is 140 cm³/mol. The molecule has 10 heteroatoms. The summed E-state index contributed by atoms with van der Waals surface area (Å²) in [6.07, 6.45) is 4.81. The number of carboxylic acid groups (broad SMARTS) is 1. The smallest absolute Gasteiger partial charge is 0.408 e. The number of nitrogens with one attached hydrogen (secondary N) is 2. The number of alkyl carbamates (subject to hydrolysis) is 1.